The Morgan fingerprint density at radius 2 is 2.06 bits per heavy atom. The largest absolute Gasteiger partial charge is 0.386 e. The molecule has 1 aliphatic heterocycles. The van der Waals surface area contributed by atoms with Crippen molar-refractivity contribution < 1.29 is 4.79 Å². The van der Waals surface area contributed by atoms with Crippen molar-refractivity contribution in [3.8, 4) is 0 Å². The average Bonchev–Trinajstić information content (AvgIpc) is 2.28. The molecular formula is C12H24N4O. The van der Waals surface area contributed by atoms with Gasteiger partial charge in [-0.05, 0) is 25.2 Å². The average molecular weight is 240 g/mol. The number of nitrogens with two attached hydrogens (primary N) is 1. The van der Waals surface area contributed by atoms with Crippen molar-refractivity contribution in [2.24, 2.45) is 11.7 Å². The molecular weight excluding hydrogens is 216 g/mol. The molecule has 0 saturated carbocycles. The number of amides is 2. The van der Waals surface area contributed by atoms with Gasteiger partial charge in [-0.2, -0.15) is 0 Å². The van der Waals surface area contributed by atoms with Crippen LogP contribution < -0.4 is 5.73 Å². The second kappa shape index (κ2) is 6.47. The summed E-state index contributed by atoms with van der Waals surface area (Å²) in [7, 11) is 0. The quantitative estimate of drug-likeness (QED) is 0.577. The van der Waals surface area contributed by atoms with Crippen molar-refractivity contribution in [2.75, 3.05) is 26.2 Å². The van der Waals surface area contributed by atoms with E-state index in [9.17, 15) is 4.79 Å². The van der Waals surface area contributed by atoms with Crippen LogP contribution in [0.2, 0.25) is 0 Å². The van der Waals surface area contributed by atoms with Crippen molar-refractivity contribution in [2.45, 2.75) is 33.1 Å². The van der Waals surface area contributed by atoms with E-state index in [1.165, 1.54) is 0 Å². The minimum absolute atomic E-state index is 0.0361. The van der Waals surface area contributed by atoms with E-state index < -0.39 is 0 Å². The molecule has 0 aromatic rings. The standard InChI is InChI=1S/C12H24N4O/c1-3-6-16(9-11(13)14)12(17)15-7-4-10(2)5-8-15/h10H,3-9H2,1-2H3,(H3,13,14). The topological polar surface area (TPSA) is 73.4 Å². The predicted molar refractivity (Wildman–Crippen MR) is 69.1 cm³/mol. The highest BCUT2D eigenvalue weighted by atomic mass is 16.2. The molecule has 1 aliphatic rings. The van der Waals surface area contributed by atoms with E-state index in [0.717, 1.165) is 32.4 Å². The predicted octanol–water partition coefficient (Wildman–Crippen LogP) is 1.49. The molecule has 1 heterocycles. The van der Waals surface area contributed by atoms with Crippen LogP contribution in [-0.2, 0) is 0 Å². The lowest BCUT2D eigenvalue weighted by Gasteiger charge is -2.34. The van der Waals surface area contributed by atoms with Crippen LogP contribution >= 0.6 is 0 Å². The van der Waals surface area contributed by atoms with Gasteiger partial charge in [0.15, 0.2) is 0 Å². The summed E-state index contributed by atoms with van der Waals surface area (Å²) >= 11 is 0. The lowest BCUT2D eigenvalue weighted by Crippen LogP contribution is -2.49. The molecule has 0 spiro atoms. The van der Waals surface area contributed by atoms with Gasteiger partial charge in [-0.15, -0.1) is 0 Å². The van der Waals surface area contributed by atoms with Crippen LogP contribution in [0.5, 0.6) is 0 Å². The number of nitrogens with one attached hydrogen (secondary N) is 1. The van der Waals surface area contributed by atoms with Crippen LogP contribution in [-0.4, -0.2) is 47.8 Å². The van der Waals surface area contributed by atoms with E-state index >= 15 is 0 Å². The van der Waals surface area contributed by atoms with Gasteiger partial charge in [-0.25, -0.2) is 4.79 Å². The molecule has 0 aromatic carbocycles. The Bertz CT molecular complexity index is 272. The molecule has 1 rings (SSSR count). The monoisotopic (exact) mass is 240 g/mol. The van der Waals surface area contributed by atoms with Gasteiger partial charge in [-0.3, -0.25) is 5.41 Å². The van der Waals surface area contributed by atoms with E-state index in [-0.39, 0.29) is 18.4 Å². The fraction of sp³-hybridized carbons (Fsp3) is 0.833. The zero-order valence-electron chi connectivity index (χ0n) is 10.9. The summed E-state index contributed by atoms with van der Waals surface area (Å²) in [6.07, 6.45) is 3.04. The third-order valence-corrected chi connectivity index (χ3v) is 3.18. The van der Waals surface area contributed by atoms with Crippen molar-refractivity contribution in [3.05, 3.63) is 0 Å². The molecule has 5 heteroatoms. The number of rotatable bonds is 4. The van der Waals surface area contributed by atoms with Crippen LogP contribution in [0, 0.1) is 11.3 Å². The fourth-order valence-corrected chi connectivity index (χ4v) is 2.12. The smallest absolute Gasteiger partial charge is 0.320 e. The number of hydrogen-bond donors (Lipinski definition) is 2. The summed E-state index contributed by atoms with van der Waals surface area (Å²) in [5.74, 6) is 0.767. The maximum atomic E-state index is 12.2. The molecule has 5 nitrogen and oxygen atoms in total. The molecule has 17 heavy (non-hydrogen) atoms. The van der Waals surface area contributed by atoms with E-state index in [1.807, 2.05) is 11.8 Å². The molecule has 1 fully saturated rings. The Labute approximate surface area is 103 Å². The van der Waals surface area contributed by atoms with Gasteiger partial charge < -0.3 is 15.5 Å². The summed E-state index contributed by atoms with van der Waals surface area (Å²) in [6, 6.07) is 0.0361. The van der Waals surface area contributed by atoms with Gasteiger partial charge in [0.25, 0.3) is 0 Å². The number of amidine groups is 1. The first-order valence-corrected chi connectivity index (χ1v) is 6.41. The van der Waals surface area contributed by atoms with Gasteiger partial charge in [0.2, 0.25) is 0 Å². The van der Waals surface area contributed by atoms with Crippen LogP contribution in [0.4, 0.5) is 4.79 Å². The summed E-state index contributed by atoms with van der Waals surface area (Å²) in [5, 5.41) is 7.31. The minimum Gasteiger partial charge on any atom is -0.386 e. The van der Waals surface area contributed by atoms with Crippen LogP contribution in [0.1, 0.15) is 33.1 Å². The summed E-state index contributed by atoms with van der Waals surface area (Å²) in [4.78, 5) is 15.8. The molecule has 0 radical (unpaired) electrons. The molecule has 98 valence electrons. The Balaban J connectivity index is 2.54. The zero-order chi connectivity index (χ0) is 12.8. The molecule has 0 bridgehead atoms. The van der Waals surface area contributed by atoms with Crippen LogP contribution in [0.25, 0.3) is 0 Å². The highest BCUT2D eigenvalue weighted by Gasteiger charge is 2.24. The lowest BCUT2D eigenvalue weighted by molar-refractivity contribution is 0.140. The van der Waals surface area contributed by atoms with Gasteiger partial charge >= 0.3 is 6.03 Å². The van der Waals surface area contributed by atoms with E-state index in [1.54, 1.807) is 4.90 Å². The van der Waals surface area contributed by atoms with Crippen molar-refractivity contribution >= 4 is 11.9 Å². The second-order valence-corrected chi connectivity index (χ2v) is 4.90. The minimum atomic E-state index is 0.0361. The number of carbonyl (C=O) groups is 1. The normalized spacial score (nSPS) is 16.9. The van der Waals surface area contributed by atoms with Gasteiger partial charge in [-0.1, -0.05) is 13.8 Å². The summed E-state index contributed by atoms with van der Waals surface area (Å²) < 4.78 is 0. The molecule has 0 aliphatic carbocycles. The van der Waals surface area contributed by atoms with E-state index in [0.29, 0.717) is 12.5 Å². The highest BCUT2D eigenvalue weighted by Crippen LogP contribution is 2.17. The Kier molecular flexibility index (Phi) is 5.25. The first-order valence-electron chi connectivity index (χ1n) is 6.41. The van der Waals surface area contributed by atoms with Crippen molar-refractivity contribution in [3.63, 3.8) is 0 Å². The third kappa shape index (κ3) is 4.24. The lowest BCUT2D eigenvalue weighted by atomic mass is 9.99. The summed E-state index contributed by atoms with van der Waals surface area (Å²) in [5.41, 5.74) is 5.38. The Morgan fingerprint density at radius 3 is 2.53 bits per heavy atom. The second-order valence-electron chi connectivity index (χ2n) is 4.90. The molecule has 2 amide bonds. The number of carbonyl (C=O) groups excluding carboxylic acids is 1. The van der Waals surface area contributed by atoms with Gasteiger partial charge in [0.05, 0.1) is 6.54 Å². The van der Waals surface area contributed by atoms with E-state index in [4.69, 9.17) is 11.1 Å². The maximum Gasteiger partial charge on any atom is 0.320 e. The van der Waals surface area contributed by atoms with E-state index in [2.05, 4.69) is 6.92 Å². The molecule has 0 aromatic heterocycles. The first kappa shape index (κ1) is 13.8. The first-order chi connectivity index (χ1) is 8.04. The maximum absolute atomic E-state index is 12.2. The van der Waals surface area contributed by atoms with Gasteiger partial charge in [0, 0.05) is 19.6 Å². The third-order valence-electron chi connectivity index (χ3n) is 3.18. The molecule has 3 N–H and O–H groups in total. The van der Waals surface area contributed by atoms with Crippen LogP contribution in [0.15, 0.2) is 0 Å². The highest BCUT2D eigenvalue weighted by molar-refractivity contribution is 5.84. The number of urea groups is 1. The van der Waals surface area contributed by atoms with Crippen molar-refractivity contribution in [1.82, 2.24) is 9.80 Å². The fourth-order valence-electron chi connectivity index (χ4n) is 2.12. The van der Waals surface area contributed by atoms with Crippen molar-refractivity contribution in [1.29, 1.82) is 5.41 Å². The van der Waals surface area contributed by atoms with Crippen LogP contribution in [0.3, 0.4) is 0 Å². The number of nitrogens with zero attached hydrogens (tertiary/aromatic N) is 2. The molecule has 0 atom stereocenters. The summed E-state index contributed by atoms with van der Waals surface area (Å²) in [6.45, 7) is 6.83. The van der Waals surface area contributed by atoms with Gasteiger partial charge in [0.1, 0.15) is 5.84 Å². The number of piperidine rings is 1. The SMILES string of the molecule is CCCN(CC(=N)N)C(=O)N1CCC(C)CC1. The zero-order valence-corrected chi connectivity index (χ0v) is 10.9. The number of hydrogen-bond acceptors (Lipinski definition) is 2. The Morgan fingerprint density at radius 1 is 1.47 bits per heavy atom. The molecule has 1 saturated heterocycles. The molecule has 0 unspecified atom stereocenters. The number of likely N-dealkylation sites (tertiary alicyclic amines) is 1. The Hall–Kier alpha value is -1.26.